The fourth-order valence-corrected chi connectivity index (χ4v) is 4.55. The second kappa shape index (κ2) is 9.96. The number of aliphatic hydroxyl groups is 1. The zero-order valence-electron chi connectivity index (χ0n) is 17.5. The van der Waals surface area contributed by atoms with E-state index in [0.29, 0.717) is 29.2 Å². The molecule has 0 radical (unpaired) electrons. The second-order valence-corrected chi connectivity index (χ2v) is 8.54. The number of hydrogen-bond donors (Lipinski definition) is 4. The predicted octanol–water partition coefficient (Wildman–Crippen LogP) is 0.809. The van der Waals surface area contributed by atoms with Gasteiger partial charge >= 0.3 is 0 Å². The molecule has 0 bridgehead atoms. The van der Waals surface area contributed by atoms with Crippen LogP contribution >= 0.6 is 0 Å². The fraction of sp³-hybridized carbons (Fsp3) is 0.381. The smallest absolute Gasteiger partial charge is 0.251 e. The lowest BCUT2D eigenvalue weighted by molar-refractivity contribution is 0.0944. The first-order chi connectivity index (χ1) is 15.5. The minimum Gasteiger partial charge on any atom is -0.492 e. The van der Waals surface area contributed by atoms with Gasteiger partial charge in [0, 0.05) is 37.3 Å². The number of pyridine rings is 1. The van der Waals surface area contributed by atoms with E-state index < -0.39 is 11.2 Å². The van der Waals surface area contributed by atoms with Crippen LogP contribution in [0.1, 0.15) is 28.8 Å². The van der Waals surface area contributed by atoms with Crippen LogP contribution in [0.25, 0.3) is 0 Å². The molecule has 170 valence electrons. The molecule has 10 nitrogen and oxygen atoms in total. The molecule has 2 aliphatic heterocycles. The van der Waals surface area contributed by atoms with Crippen molar-refractivity contribution < 1.29 is 18.8 Å². The zero-order valence-corrected chi connectivity index (χ0v) is 18.3. The van der Waals surface area contributed by atoms with Crippen molar-refractivity contribution in [2.75, 3.05) is 42.5 Å². The van der Waals surface area contributed by atoms with Crippen LogP contribution in [0.5, 0.6) is 5.75 Å². The molecule has 0 spiro atoms. The third kappa shape index (κ3) is 5.00. The van der Waals surface area contributed by atoms with Crippen LogP contribution in [0.3, 0.4) is 0 Å². The first-order valence-corrected chi connectivity index (χ1v) is 11.5. The summed E-state index contributed by atoms with van der Waals surface area (Å²) in [5.74, 6) is 1.56. The summed E-state index contributed by atoms with van der Waals surface area (Å²) in [5.41, 5.74) is 7.76. The molecule has 0 aliphatic carbocycles. The van der Waals surface area contributed by atoms with Crippen molar-refractivity contribution in [2.24, 2.45) is 16.0 Å². The van der Waals surface area contributed by atoms with Gasteiger partial charge < -0.3 is 25.8 Å². The Morgan fingerprint density at radius 2 is 2.28 bits per heavy atom. The van der Waals surface area contributed by atoms with Gasteiger partial charge in [-0.25, -0.2) is 9.19 Å². The quantitative estimate of drug-likeness (QED) is 0.481. The number of nitrogens with zero attached hydrogens (tertiary/aromatic N) is 3. The van der Waals surface area contributed by atoms with Gasteiger partial charge in [0.15, 0.2) is 0 Å². The maximum atomic E-state index is 12.2. The van der Waals surface area contributed by atoms with Crippen molar-refractivity contribution in [3.63, 3.8) is 0 Å². The Balaban J connectivity index is 1.41. The molecule has 11 heteroatoms. The third-order valence-corrected chi connectivity index (χ3v) is 6.14. The number of rotatable bonds is 7. The molecule has 1 aromatic heterocycles. The van der Waals surface area contributed by atoms with Gasteiger partial charge in [-0.15, -0.1) is 0 Å². The fourth-order valence-electron chi connectivity index (χ4n) is 3.87. The molecule has 1 saturated heterocycles. The van der Waals surface area contributed by atoms with Gasteiger partial charge in [-0.05, 0) is 37.1 Å². The molecular formula is C21H26N6O4S. The van der Waals surface area contributed by atoms with Crippen LogP contribution < -0.4 is 25.4 Å². The summed E-state index contributed by atoms with van der Waals surface area (Å²) in [4.78, 5) is 18.8. The second-order valence-electron chi connectivity index (χ2n) is 7.65. The molecule has 4 rings (SSSR count). The van der Waals surface area contributed by atoms with Gasteiger partial charge in [0.25, 0.3) is 5.91 Å². The molecule has 2 aromatic rings. The van der Waals surface area contributed by atoms with Crippen LogP contribution in [-0.4, -0.2) is 58.9 Å². The highest BCUT2D eigenvalue weighted by atomic mass is 32.2. The lowest BCUT2D eigenvalue weighted by Gasteiger charge is -2.33. The van der Waals surface area contributed by atoms with E-state index in [1.807, 2.05) is 12.1 Å². The summed E-state index contributed by atoms with van der Waals surface area (Å²) in [6, 6.07) is 8.87. The number of nitrogens with one attached hydrogen (secondary N) is 2. The van der Waals surface area contributed by atoms with Crippen LogP contribution in [0.2, 0.25) is 0 Å². The van der Waals surface area contributed by atoms with Crippen molar-refractivity contribution in [1.82, 2.24) is 10.3 Å². The number of nitrogens with two attached hydrogens (primary N) is 1. The number of amides is 1. The summed E-state index contributed by atoms with van der Waals surface area (Å²) < 4.78 is 24.5. The molecule has 1 amide bonds. The lowest BCUT2D eigenvalue weighted by atomic mass is 9.98. The number of aliphatic hydroxyl groups excluding tert-OH is 1. The van der Waals surface area contributed by atoms with E-state index in [0.717, 1.165) is 31.7 Å². The summed E-state index contributed by atoms with van der Waals surface area (Å²) in [7, 11) is 0. The molecule has 32 heavy (non-hydrogen) atoms. The number of hydrogen-bond acceptors (Lipinski definition) is 7. The van der Waals surface area contributed by atoms with E-state index in [1.54, 1.807) is 24.4 Å². The van der Waals surface area contributed by atoms with Crippen LogP contribution in [0.15, 0.2) is 40.9 Å². The summed E-state index contributed by atoms with van der Waals surface area (Å²) >= 11 is -1.58. The van der Waals surface area contributed by atoms with Gasteiger partial charge in [-0.1, -0.05) is 6.07 Å². The SMILES string of the molecule is NC1=NS(=O)Nc2cccc(OCC3CCCN(c4cc(C(=O)NCCO)ccn4)C3)c21. The standard InChI is InChI=1S/C21H26N6O4S/c22-20-19-16(25-32(30)26-20)4-1-5-17(19)31-13-14-3-2-9-27(12-14)18-11-15(6-7-23-18)21(29)24-8-10-28/h1,4-7,11,14,25,28H,2-3,8-10,12-13H2,(H2,22,26)(H,24,29). The van der Waals surface area contributed by atoms with Gasteiger partial charge in [0.05, 0.1) is 24.5 Å². The molecule has 2 aliphatic rings. The Bertz CT molecular complexity index is 1050. The average molecular weight is 459 g/mol. The third-order valence-electron chi connectivity index (χ3n) is 5.38. The minimum atomic E-state index is -1.58. The number of aromatic nitrogens is 1. The average Bonchev–Trinajstić information content (AvgIpc) is 2.81. The predicted molar refractivity (Wildman–Crippen MR) is 123 cm³/mol. The van der Waals surface area contributed by atoms with E-state index in [2.05, 4.69) is 24.3 Å². The Morgan fingerprint density at radius 3 is 3.12 bits per heavy atom. The topological polar surface area (TPSA) is 142 Å². The van der Waals surface area contributed by atoms with Gasteiger partial charge in [-0.3, -0.25) is 9.52 Å². The number of benzene rings is 1. The van der Waals surface area contributed by atoms with Crippen LogP contribution in [-0.2, 0) is 11.2 Å². The number of ether oxygens (including phenoxy) is 1. The van der Waals surface area contributed by atoms with Crippen molar-refractivity contribution in [3.05, 3.63) is 47.7 Å². The highest BCUT2D eigenvalue weighted by molar-refractivity contribution is 7.85. The summed E-state index contributed by atoms with van der Waals surface area (Å²) in [5, 5.41) is 11.6. The minimum absolute atomic E-state index is 0.104. The van der Waals surface area contributed by atoms with Gasteiger partial charge in [0.2, 0.25) is 11.2 Å². The number of piperidine rings is 1. The Kier molecular flexibility index (Phi) is 6.86. The van der Waals surface area contributed by atoms with Crippen molar-refractivity contribution >= 4 is 34.4 Å². The monoisotopic (exact) mass is 458 g/mol. The van der Waals surface area contributed by atoms with E-state index >= 15 is 0 Å². The molecule has 1 fully saturated rings. The Labute approximate surface area is 188 Å². The van der Waals surface area contributed by atoms with Gasteiger partial charge in [-0.2, -0.15) is 4.40 Å². The first-order valence-electron chi connectivity index (χ1n) is 10.4. The van der Waals surface area contributed by atoms with Crippen molar-refractivity contribution in [1.29, 1.82) is 0 Å². The molecule has 0 saturated carbocycles. The van der Waals surface area contributed by atoms with Crippen LogP contribution in [0.4, 0.5) is 11.5 Å². The molecular weight excluding hydrogens is 432 g/mol. The highest BCUT2D eigenvalue weighted by Gasteiger charge is 2.24. The Morgan fingerprint density at radius 1 is 1.41 bits per heavy atom. The maximum absolute atomic E-state index is 12.2. The maximum Gasteiger partial charge on any atom is 0.251 e. The molecule has 1 aromatic carbocycles. The molecule has 2 unspecified atom stereocenters. The van der Waals surface area contributed by atoms with Crippen molar-refractivity contribution in [3.8, 4) is 5.75 Å². The number of carbonyl (C=O) groups is 1. The summed E-state index contributed by atoms with van der Waals surface area (Å²) in [6.45, 7) is 2.19. The number of anilines is 2. The lowest BCUT2D eigenvalue weighted by Crippen LogP contribution is -2.38. The largest absolute Gasteiger partial charge is 0.492 e. The van der Waals surface area contributed by atoms with E-state index in [-0.39, 0.29) is 30.8 Å². The van der Waals surface area contributed by atoms with Gasteiger partial charge in [0.1, 0.15) is 17.4 Å². The molecule has 5 N–H and O–H groups in total. The summed E-state index contributed by atoms with van der Waals surface area (Å²) in [6.07, 6.45) is 3.61. The first kappa shape index (κ1) is 22.0. The van der Waals surface area contributed by atoms with E-state index in [1.165, 1.54) is 0 Å². The number of fused-ring (bicyclic) bond motifs is 1. The number of carbonyl (C=O) groups excluding carboxylic acids is 1. The molecule has 2 atom stereocenters. The highest BCUT2D eigenvalue weighted by Crippen LogP contribution is 2.31. The van der Waals surface area contributed by atoms with E-state index in [9.17, 15) is 9.00 Å². The van der Waals surface area contributed by atoms with Crippen LogP contribution in [0, 0.1) is 5.92 Å². The Hall–Kier alpha value is -3.18. The molecule has 3 heterocycles. The van der Waals surface area contributed by atoms with E-state index in [4.69, 9.17) is 15.6 Å². The zero-order chi connectivity index (χ0) is 22.5. The normalized spacial score (nSPS) is 20.0. The number of amidine groups is 1. The van der Waals surface area contributed by atoms with Crippen molar-refractivity contribution in [2.45, 2.75) is 12.8 Å².